The first-order valence-corrected chi connectivity index (χ1v) is 9.06. The number of piperidine rings is 1. The topological polar surface area (TPSA) is 95.9 Å². The average Bonchev–Trinajstić information content (AvgIpc) is 2.74. The summed E-state index contributed by atoms with van der Waals surface area (Å²) in [6, 6.07) is 13.3. The number of carboxylic acid groups (broad SMARTS) is 1. The molecule has 0 bridgehead atoms. The molecule has 0 saturated carbocycles. The number of nitrogens with one attached hydrogen (secondary N) is 1. The van der Waals surface area contributed by atoms with Gasteiger partial charge in [-0.1, -0.05) is 18.2 Å². The lowest BCUT2D eigenvalue weighted by Crippen LogP contribution is -2.43. The van der Waals surface area contributed by atoms with Gasteiger partial charge in [-0.05, 0) is 43.2 Å². The molecule has 1 heterocycles. The van der Waals surface area contributed by atoms with Crippen molar-refractivity contribution in [1.82, 2.24) is 4.90 Å². The number of anilines is 1. The quantitative estimate of drug-likeness (QED) is 0.829. The van der Waals surface area contributed by atoms with Gasteiger partial charge in [0.25, 0.3) is 5.91 Å². The molecule has 1 saturated heterocycles. The van der Waals surface area contributed by atoms with Crippen LogP contribution < -0.4 is 10.1 Å². The van der Waals surface area contributed by atoms with Crippen molar-refractivity contribution < 1.29 is 24.2 Å². The zero-order valence-corrected chi connectivity index (χ0v) is 15.6. The van der Waals surface area contributed by atoms with E-state index < -0.39 is 5.97 Å². The van der Waals surface area contributed by atoms with E-state index in [1.165, 1.54) is 25.3 Å². The summed E-state index contributed by atoms with van der Waals surface area (Å²) in [6.45, 7) is 0.962. The largest absolute Gasteiger partial charge is 0.495 e. The Bertz CT molecular complexity index is 882. The monoisotopic (exact) mass is 382 g/mol. The van der Waals surface area contributed by atoms with Crippen molar-refractivity contribution in [1.29, 1.82) is 0 Å². The molecule has 2 aromatic carbocycles. The number of benzene rings is 2. The second-order valence-electron chi connectivity index (χ2n) is 6.67. The lowest BCUT2D eigenvalue weighted by atomic mass is 9.96. The van der Waals surface area contributed by atoms with Crippen molar-refractivity contribution in [2.45, 2.75) is 12.8 Å². The van der Waals surface area contributed by atoms with Gasteiger partial charge in [0.15, 0.2) is 0 Å². The van der Waals surface area contributed by atoms with Gasteiger partial charge in [-0.3, -0.25) is 9.59 Å². The van der Waals surface area contributed by atoms with E-state index in [0.717, 1.165) is 6.42 Å². The molecule has 7 heteroatoms. The molecule has 2 N–H and O–H groups in total. The van der Waals surface area contributed by atoms with Gasteiger partial charge in [-0.25, -0.2) is 4.79 Å². The fourth-order valence-electron chi connectivity index (χ4n) is 3.30. The number of carbonyl (C=O) groups is 3. The van der Waals surface area contributed by atoms with Crippen molar-refractivity contribution in [3.05, 3.63) is 59.7 Å². The van der Waals surface area contributed by atoms with E-state index in [1.807, 2.05) is 18.2 Å². The van der Waals surface area contributed by atoms with E-state index in [9.17, 15) is 14.4 Å². The molecule has 28 heavy (non-hydrogen) atoms. The summed E-state index contributed by atoms with van der Waals surface area (Å²) >= 11 is 0. The Balaban J connectivity index is 1.69. The summed E-state index contributed by atoms with van der Waals surface area (Å²) in [5.41, 5.74) is 1.09. The third kappa shape index (κ3) is 4.31. The Morgan fingerprint density at radius 1 is 1.11 bits per heavy atom. The summed E-state index contributed by atoms with van der Waals surface area (Å²) in [4.78, 5) is 38.2. The third-order valence-corrected chi connectivity index (χ3v) is 4.81. The van der Waals surface area contributed by atoms with Crippen LogP contribution in [0.1, 0.15) is 33.6 Å². The van der Waals surface area contributed by atoms with Crippen LogP contribution in [0.5, 0.6) is 5.75 Å². The zero-order chi connectivity index (χ0) is 20.1. The molecule has 3 rings (SSSR count). The molecule has 0 aliphatic carbocycles. The predicted molar refractivity (Wildman–Crippen MR) is 104 cm³/mol. The molecule has 0 radical (unpaired) electrons. The summed E-state index contributed by atoms with van der Waals surface area (Å²) in [5, 5.41) is 11.9. The number of likely N-dealkylation sites (tertiary alicyclic amines) is 1. The number of carboxylic acids is 1. The van der Waals surface area contributed by atoms with Crippen LogP contribution in [0.15, 0.2) is 48.5 Å². The first-order valence-electron chi connectivity index (χ1n) is 9.06. The van der Waals surface area contributed by atoms with Crippen molar-refractivity contribution in [2.75, 3.05) is 25.5 Å². The number of aromatic carboxylic acids is 1. The van der Waals surface area contributed by atoms with Crippen LogP contribution in [0, 0.1) is 5.92 Å². The van der Waals surface area contributed by atoms with Gasteiger partial charge in [0.2, 0.25) is 5.91 Å². The predicted octanol–water partition coefficient (Wildman–Crippen LogP) is 2.88. The van der Waals surface area contributed by atoms with Crippen LogP contribution in [-0.4, -0.2) is 48.0 Å². The normalized spacial score (nSPS) is 16.3. The van der Waals surface area contributed by atoms with E-state index in [0.29, 0.717) is 30.8 Å². The maximum absolute atomic E-state index is 12.7. The number of methoxy groups -OCH3 is 1. The van der Waals surface area contributed by atoms with Gasteiger partial charge in [-0.2, -0.15) is 0 Å². The minimum absolute atomic E-state index is 0.0761. The Morgan fingerprint density at radius 2 is 1.86 bits per heavy atom. The number of nitrogens with zero attached hydrogens (tertiary/aromatic N) is 1. The highest BCUT2D eigenvalue weighted by molar-refractivity contribution is 5.97. The van der Waals surface area contributed by atoms with Crippen molar-refractivity contribution in [3.8, 4) is 5.75 Å². The molecule has 7 nitrogen and oxygen atoms in total. The van der Waals surface area contributed by atoms with E-state index >= 15 is 0 Å². The van der Waals surface area contributed by atoms with Crippen LogP contribution in [0.2, 0.25) is 0 Å². The maximum atomic E-state index is 12.7. The number of amides is 2. The minimum Gasteiger partial charge on any atom is -0.495 e. The first-order chi connectivity index (χ1) is 13.5. The summed E-state index contributed by atoms with van der Waals surface area (Å²) in [5.74, 6) is -1.43. The number of ether oxygens (including phenoxy) is 1. The highest BCUT2D eigenvalue weighted by atomic mass is 16.5. The SMILES string of the molecule is COc1cc(C(=O)O)ccc1NC(=O)C1CCCN(C(=O)c2ccccc2)C1. The lowest BCUT2D eigenvalue weighted by Gasteiger charge is -2.32. The van der Waals surface area contributed by atoms with Crippen LogP contribution in [0.4, 0.5) is 5.69 Å². The molecular formula is C21H22N2O5. The smallest absolute Gasteiger partial charge is 0.335 e. The van der Waals surface area contributed by atoms with Crippen LogP contribution in [0.25, 0.3) is 0 Å². The maximum Gasteiger partial charge on any atom is 0.335 e. The molecule has 1 aliphatic rings. The van der Waals surface area contributed by atoms with Gasteiger partial charge >= 0.3 is 5.97 Å². The van der Waals surface area contributed by atoms with Crippen molar-refractivity contribution >= 4 is 23.5 Å². The van der Waals surface area contributed by atoms with Gasteiger partial charge in [0.05, 0.1) is 24.3 Å². The van der Waals surface area contributed by atoms with Gasteiger partial charge in [-0.15, -0.1) is 0 Å². The minimum atomic E-state index is -1.07. The van der Waals surface area contributed by atoms with Crippen LogP contribution in [0.3, 0.4) is 0 Å². The summed E-state index contributed by atoms with van der Waals surface area (Å²) in [7, 11) is 1.41. The lowest BCUT2D eigenvalue weighted by molar-refractivity contribution is -0.121. The van der Waals surface area contributed by atoms with Gasteiger partial charge < -0.3 is 20.1 Å². The zero-order valence-electron chi connectivity index (χ0n) is 15.6. The Labute approximate surface area is 162 Å². The molecule has 1 atom stereocenters. The van der Waals surface area contributed by atoms with Crippen LogP contribution in [-0.2, 0) is 4.79 Å². The Morgan fingerprint density at radius 3 is 2.54 bits per heavy atom. The fraction of sp³-hybridized carbons (Fsp3) is 0.286. The van der Waals surface area contributed by atoms with Gasteiger partial charge in [0, 0.05) is 18.7 Å². The number of hydrogen-bond acceptors (Lipinski definition) is 4. The molecule has 2 aromatic rings. The molecule has 0 aromatic heterocycles. The number of rotatable bonds is 5. The van der Waals surface area contributed by atoms with E-state index in [4.69, 9.17) is 9.84 Å². The standard InChI is InChI=1S/C21H22N2O5/c1-28-18-12-15(21(26)27)9-10-17(18)22-19(24)16-8-5-11-23(13-16)20(25)14-6-3-2-4-7-14/h2-4,6-7,9-10,12,16H,5,8,11,13H2,1H3,(H,22,24)(H,26,27). The Hall–Kier alpha value is -3.35. The molecule has 1 aliphatic heterocycles. The number of carbonyl (C=O) groups excluding carboxylic acids is 2. The average molecular weight is 382 g/mol. The van der Waals surface area contributed by atoms with Crippen molar-refractivity contribution in [2.24, 2.45) is 5.92 Å². The summed E-state index contributed by atoms with van der Waals surface area (Å²) < 4.78 is 5.20. The molecular weight excluding hydrogens is 360 g/mol. The van der Waals surface area contributed by atoms with E-state index in [-0.39, 0.29) is 29.0 Å². The number of hydrogen-bond donors (Lipinski definition) is 2. The second-order valence-corrected chi connectivity index (χ2v) is 6.67. The molecule has 1 fully saturated rings. The molecule has 0 spiro atoms. The van der Waals surface area contributed by atoms with Crippen LogP contribution >= 0.6 is 0 Å². The van der Waals surface area contributed by atoms with Crippen molar-refractivity contribution in [3.63, 3.8) is 0 Å². The van der Waals surface area contributed by atoms with E-state index in [2.05, 4.69) is 5.32 Å². The Kier molecular flexibility index (Phi) is 5.93. The third-order valence-electron chi connectivity index (χ3n) is 4.81. The second kappa shape index (κ2) is 8.56. The first kappa shape index (κ1) is 19.4. The van der Waals surface area contributed by atoms with E-state index in [1.54, 1.807) is 17.0 Å². The fourth-order valence-corrected chi connectivity index (χ4v) is 3.30. The molecule has 146 valence electrons. The summed E-state index contributed by atoms with van der Waals surface area (Å²) in [6.07, 6.45) is 1.42. The molecule has 2 amide bonds. The highest BCUT2D eigenvalue weighted by Crippen LogP contribution is 2.27. The molecule has 1 unspecified atom stereocenters. The highest BCUT2D eigenvalue weighted by Gasteiger charge is 2.29. The van der Waals surface area contributed by atoms with Gasteiger partial charge in [0.1, 0.15) is 5.75 Å².